The molecule has 26 heavy (non-hydrogen) atoms. The number of benzene rings is 1. The van der Waals surface area contributed by atoms with E-state index in [0.29, 0.717) is 40.4 Å². The summed E-state index contributed by atoms with van der Waals surface area (Å²) in [5.74, 6) is 0.807. The van der Waals surface area contributed by atoms with Crippen LogP contribution < -0.4 is 18.9 Å². The van der Waals surface area contributed by atoms with Gasteiger partial charge in [-0.3, -0.25) is 4.79 Å². The zero-order valence-corrected chi connectivity index (χ0v) is 14.7. The first-order valence-electron chi connectivity index (χ1n) is 8.05. The summed E-state index contributed by atoms with van der Waals surface area (Å²) in [6, 6.07) is 0. The van der Waals surface area contributed by atoms with Crippen molar-refractivity contribution in [2.24, 2.45) is 5.16 Å². The normalized spacial score (nSPS) is 17.3. The second-order valence-electron chi connectivity index (χ2n) is 5.54. The van der Waals surface area contributed by atoms with E-state index in [1.54, 1.807) is 6.92 Å². The highest BCUT2D eigenvalue weighted by Crippen LogP contribution is 2.51. The molecule has 0 N–H and O–H groups in total. The minimum absolute atomic E-state index is 0.0187. The van der Waals surface area contributed by atoms with Gasteiger partial charge in [0.15, 0.2) is 23.5 Å². The maximum atomic E-state index is 11.8. The number of methoxy groups -OCH3 is 2. The molecule has 3 rings (SSSR count). The number of hydrogen-bond donors (Lipinski definition) is 0. The second kappa shape index (κ2) is 7.51. The number of carbonyl (C=O) groups is 2. The maximum Gasteiger partial charge on any atom is 0.356 e. The van der Waals surface area contributed by atoms with E-state index in [2.05, 4.69) is 5.16 Å². The van der Waals surface area contributed by atoms with E-state index in [0.717, 1.165) is 0 Å². The third-order valence-electron chi connectivity index (χ3n) is 4.07. The molecule has 9 nitrogen and oxygen atoms in total. The fourth-order valence-electron chi connectivity index (χ4n) is 2.98. The van der Waals surface area contributed by atoms with E-state index in [9.17, 15) is 9.59 Å². The molecule has 2 aliphatic rings. The molecule has 2 aliphatic heterocycles. The molecule has 140 valence electrons. The van der Waals surface area contributed by atoms with Crippen molar-refractivity contribution in [3.05, 3.63) is 11.1 Å². The first kappa shape index (κ1) is 17.8. The van der Waals surface area contributed by atoms with Crippen molar-refractivity contribution in [1.82, 2.24) is 0 Å². The minimum Gasteiger partial charge on any atom is -0.492 e. The zero-order valence-electron chi connectivity index (χ0n) is 14.7. The van der Waals surface area contributed by atoms with Gasteiger partial charge in [-0.1, -0.05) is 5.16 Å². The summed E-state index contributed by atoms with van der Waals surface area (Å²) in [4.78, 5) is 28.8. The number of nitrogens with zero attached hydrogens (tertiary/aromatic N) is 1. The highest BCUT2D eigenvalue weighted by molar-refractivity contribution is 6.36. The predicted octanol–water partition coefficient (Wildman–Crippen LogP) is 1.50. The van der Waals surface area contributed by atoms with Crippen molar-refractivity contribution in [3.8, 4) is 23.0 Å². The highest BCUT2D eigenvalue weighted by Gasteiger charge is 2.34. The van der Waals surface area contributed by atoms with Gasteiger partial charge >= 0.3 is 5.97 Å². The Balaban J connectivity index is 1.91. The summed E-state index contributed by atoms with van der Waals surface area (Å²) in [7, 11) is 2.94. The van der Waals surface area contributed by atoms with Crippen LogP contribution in [-0.2, 0) is 20.8 Å². The van der Waals surface area contributed by atoms with Gasteiger partial charge in [-0.15, -0.1) is 0 Å². The summed E-state index contributed by atoms with van der Waals surface area (Å²) in [5, 5.41) is 3.78. The fourth-order valence-corrected chi connectivity index (χ4v) is 2.98. The summed E-state index contributed by atoms with van der Waals surface area (Å²) in [6.45, 7) is 1.95. The molecule has 2 heterocycles. The van der Waals surface area contributed by atoms with Crippen LogP contribution in [0.3, 0.4) is 0 Å². The van der Waals surface area contributed by atoms with Gasteiger partial charge < -0.3 is 28.5 Å². The Kier molecular flexibility index (Phi) is 5.15. The standard InChI is InChI=1S/C17H19NO8/c1-4-23-17(20)12-6-9(26-18-12)5-10-11(7-19)14-16(25-8-24-14)15(22-3)13(10)21-2/h7,9H,4-6,8H2,1-3H3/t9-/m1/s1. The zero-order chi connectivity index (χ0) is 18.7. The lowest BCUT2D eigenvalue weighted by molar-refractivity contribution is -0.135. The molecule has 0 radical (unpaired) electrons. The molecule has 1 atom stereocenters. The minimum atomic E-state index is -0.513. The molecule has 0 saturated heterocycles. The molecule has 0 bridgehead atoms. The van der Waals surface area contributed by atoms with Crippen molar-refractivity contribution >= 4 is 18.0 Å². The van der Waals surface area contributed by atoms with Crippen LogP contribution >= 0.6 is 0 Å². The third kappa shape index (κ3) is 3.00. The monoisotopic (exact) mass is 365 g/mol. The topological polar surface area (TPSA) is 102 Å². The van der Waals surface area contributed by atoms with Crippen molar-refractivity contribution in [3.63, 3.8) is 0 Å². The smallest absolute Gasteiger partial charge is 0.356 e. The van der Waals surface area contributed by atoms with Crippen molar-refractivity contribution in [1.29, 1.82) is 0 Å². The lowest BCUT2D eigenvalue weighted by Gasteiger charge is -2.18. The van der Waals surface area contributed by atoms with E-state index in [1.165, 1.54) is 14.2 Å². The Hall–Kier alpha value is -2.97. The number of fused-ring (bicyclic) bond motifs is 1. The Morgan fingerprint density at radius 1 is 1.23 bits per heavy atom. The molecule has 1 aromatic carbocycles. The van der Waals surface area contributed by atoms with Crippen LogP contribution in [-0.4, -0.2) is 51.7 Å². The third-order valence-corrected chi connectivity index (χ3v) is 4.07. The van der Waals surface area contributed by atoms with Crippen LogP contribution in [0.4, 0.5) is 0 Å². The molecular weight excluding hydrogens is 346 g/mol. The molecule has 0 spiro atoms. The summed E-state index contributed by atoms with van der Waals surface area (Å²) >= 11 is 0. The first-order chi connectivity index (χ1) is 12.6. The molecule has 0 saturated carbocycles. The number of esters is 1. The summed E-state index contributed by atoms with van der Waals surface area (Å²) < 4.78 is 26.6. The van der Waals surface area contributed by atoms with Gasteiger partial charge in [0.1, 0.15) is 6.10 Å². The number of rotatable bonds is 7. The van der Waals surface area contributed by atoms with E-state index in [1.807, 2.05) is 0 Å². The van der Waals surface area contributed by atoms with Crippen LogP contribution in [0.15, 0.2) is 5.16 Å². The van der Waals surface area contributed by atoms with Gasteiger partial charge in [-0.05, 0) is 6.92 Å². The van der Waals surface area contributed by atoms with Gasteiger partial charge in [0, 0.05) is 18.4 Å². The Morgan fingerprint density at radius 2 is 1.96 bits per heavy atom. The molecule has 0 aliphatic carbocycles. The number of aldehydes is 1. The van der Waals surface area contributed by atoms with Crippen molar-refractivity contribution < 1.29 is 38.1 Å². The van der Waals surface area contributed by atoms with E-state index in [-0.39, 0.29) is 32.0 Å². The number of carbonyl (C=O) groups excluding carboxylic acids is 2. The number of ether oxygens (including phenoxy) is 5. The molecular formula is C17H19NO8. The number of hydrogen-bond acceptors (Lipinski definition) is 9. The maximum absolute atomic E-state index is 11.8. The lowest BCUT2D eigenvalue weighted by Crippen LogP contribution is -2.20. The average Bonchev–Trinajstić information content (AvgIpc) is 3.30. The van der Waals surface area contributed by atoms with Crippen LogP contribution in [0.5, 0.6) is 23.0 Å². The highest BCUT2D eigenvalue weighted by atomic mass is 16.7. The molecule has 0 amide bonds. The van der Waals surface area contributed by atoms with Crippen LogP contribution in [0.2, 0.25) is 0 Å². The predicted molar refractivity (Wildman–Crippen MR) is 88.3 cm³/mol. The summed E-state index contributed by atoms with van der Waals surface area (Å²) in [5.41, 5.74) is 1.04. The van der Waals surface area contributed by atoms with Gasteiger partial charge in [0.2, 0.25) is 18.3 Å². The molecule has 0 aromatic heterocycles. The Bertz CT molecular complexity index is 758. The van der Waals surface area contributed by atoms with E-state index < -0.39 is 12.1 Å². The second-order valence-corrected chi connectivity index (χ2v) is 5.54. The largest absolute Gasteiger partial charge is 0.492 e. The van der Waals surface area contributed by atoms with E-state index >= 15 is 0 Å². The first-order valence-corrected chi connectivity index (χ1v) is 8.05. The molecule has 9 heteroatoms. The quantitative estimate of drug-likeness (QED) is 0.529. The summed E-state index contributed by atoms with van der Waals surface area (Å²) in [6.07, 6.45) is 0.743. The van der Waals surface area contributed by atoms with Crippen LogP contribution in [0, 0.1) is 0 Å². The van der Waals surface area contributed by atoms with E-state index in [4.69, 9.17) is 28.5 Å². The molecule has 0 fully saturated rings. The van der Waals surface area contributed by atoms with Gasteiger partial charge in [-0.2, -0.15) is 0 Å². The van der Waals surface area contributed by atoms with Crippen LogP contribution in [0.25, 0.3) is 0 Å². The van der Waals surface area contributed by atoms with Gasteiger partial charge in [0.05, 0.1) is 26.4 Å². The lowest BCUT2D eigenvalue weighted by atomic mass is 9.96. The fraction of sp³-hybridized carbons (Fsp3) is 0.471. The van der Waals surface area contributed by atoms with Gasteiger partial charge in [0.25, 0.3) is 0 Å². The van der Waals surface area contributed by atoms with Crippen molar-refractivity contribution in [2.45, 2.75) is 25.9 Å². The average molecular weight is 365 g/mol. The molecule has 1 aromatic rings. The van der Waals surface area contributed by atoms with Crippen LogP contribution in [0.1, 0.15) is 29.3 Å². The SMILES string of the molecule is CCOC(=O)C1=NO[C@H](Cc2c(C=O)c3c(c(OC)c2OC)OCO3)C1. The Morgan fingerprint density at radius 3 is 2.62 bits per heavy atom. The van der Waals surface area contributed by atoms with Gasteiger partial charge in [-0.25, -0.2) is 4.79 Å². The Labute approximate surface area is 149 Å². The number of oxime groups is 1. The van der Waals surface area contributed by atoms with Crippen molar-refractivity contribution in [2.75, 3.05) is 27.6 Å². The molecule has 0 unspecified atom stereocenters.